The van der Waals surface area contributed by atoms with Crippen molar-refractivity contribution >= 4 is 34.1 Å². The Kier molecular flexibility index (Phi) is 6.64. The van der Waals surface area contributed by atoms with Crippen molar-refractivity contribution in [3.8, 4) is 33.1 Å². The van der Waals surface area contributed by atoms with Crippen LogP contribution in [0.2, 0.25) is 0 Å². The molecule has 5 aromatic rings. The molecule has 166 valence electrons. The molecule has 34 heavy (non-hydrogen) atoms. The van der Waals surface area contributed by atoms with Crippen molar-refractivity contribution in [3.63, 3.8) is 0 Å². The summed E-state index contributed by atoms with van der Waals surface area (Å²) in [5, 5.41) is 21.3. The van der Waals surface area contributed by atoms with E-state index in [0.717, 1.165) is 27.4 Å². The Hall–Kier alpha value is -3.95. The average Bonchev–Trinajstić information content (AvgIpc) is 3.37. The molecule has 0 aliphatic rings. The molecule has 3 aromatic carbocycles. The minimum Gasteiger partial charge on any atom is -0.300 e. The smallest absolute Gasteiger partial charge is 0.236 e. The van der Waals surface area contributed by atoms with E-state index in [2.05, 4.69) is 25.7 Å². The molecule has 0 bridgehead atoms. The Balaban J connectivity index is 1.30. The monoisotopic (exact) mass is 482 g/mol. The van der Waals surface area contributed by atoms with Gasteiger partial charge in [-0.3, -0.25) is 10.1 Å². The number of amides is 1. The third-order valence-corrected chi connectivity index (χ3v) is 6.51. The molecule has 1 N–H and O–H groups in total. The summed E-state index contributed by atoms with van der Waals surface area (Å²) < 4.78 is 0. The Morgan fingerprint density at radius 3 is 1.94 bits per heavy atom. The molecule has 9 heteroatoms. The topological polar surface area (TPSA) is 93.5 Å². The number of nitrogens with one attached hydrogen (secondary N) is 1. The van der Waals surface area contributed by atoms with E-state index in [4.69, 9.17) is 4.98 Å². The lowest BCUT2D eigenvalue weighted by Gasteiger charge is -2.09. The Morgan fingerprint density at radius 2 is 1.29 bits per heavy atom. The van der Waals surface area contributed by atoms with Crippen molar-refractivity contribution < 1.29 is 4.79 Å². The van der Waals surface area contributed by atoms with Crippen LogP contribution in [0.25, 0.3) is 33.1 Å². The summed E-state index contributed by atoms with van der Waals surface area (Å²) in [6, 6.07) is 29.4. The first kappa shape index (κ1) is 21.9. The quantitative estimate of drug-likeness (QED) is 0.308. The van der Waals surface area contributed by atoms with Crippen LogP contribution in [-0.4, -0.2) is 37.0 Å². The van der Waals surface area contributed by atoms with Gasteiger partial charge < -0.3 is 0 Å². The van der Waals surface area contributed by atoms with Crippen LogP contribution >= 0.6 is 23.1 Å². The molecule has 7 nitrogen and oxygen atoms in total. The van der Waals surface area contributed by atoms with E-state index in [9.17, 15) is 4.79 Å². The molecule has 0 saturated heterocycles. The Morgan fingerprint density at radius 1 is 0.706 bits per heavy atom. The van der Waals surface area contributed by atoms with Gasteiger partial charge in [-0.2, -0.15) is 0 Å². The van der Waals surface area contributed by atoms with Crippen molar-refractivity contribution in [3.05, 3.63) is 91.0 Å². The molecular weight excluding hydrogens is 464 g/mol. The van der Waals surface area contributed by atoms with Crippen LogP contribution < -0.4 is 5.32 Å². The summed E-state index contributed by atoms with van der Waals surface area (Å²) in [4.78, 5) is 17.2. The second-order valence-electron chi connectivity index (χ2n) is 7.14. The summed E-state index contributed by atoms with van der Waals surface area (Å²) in [5.74, 6) is -0.0846. The normalized spacial score (nSPS) is 10.7. The summed E-state index contributed by atoms with van der Waals surface area (Å²) in [5.41, 5.74) is 4.25. The molecule has 0 aliphatic heterocycles. The van der Waals surface area contributed by atoms with Gasteiger partial charge in [-0.1, -0.05) is 114 Å². The third kappa shape index (κ3) is 5.16. The van der Waals surface area contributed by atoms with E-state index in [0.29, 0.717) is 16.0 Å². The van der Waals surface area contributed by atoms with Gasteiger partial charge in [0.2, 0.25) is 16.2 Å². The number of carbonyl (C=O) groups is 1. The van der Waals surface area contributed by atoms with Crippen LogP contribution in [0.15, 0.2) is 96.2 Å². The first-order valence-corrected chi connectivity index (χ1v) is 12.2. The molecule has 0 fully saturated rings. The number of hydrogen-bond acceptors (Lipinski definition) is 8. The van der Waals surface area contributed by atoms with Gasteiger partial charge >= 0.3 is 0 Å². The molecule has 0 radical (unpaired) electrons. The summed E-state index contributed by atoms with van der Waals surface area (Å²) in [6.07, 6.45) is 0. The fraction of sp³-hybridized carbons (Fsp3) is 0.0400. The zero-order chi connectivity index (χ0) is 23.2. The average molecular weight is 483 g/mol. The molecule has 0 unspecified atom stereocenters. The number of carbonyl (C=O) groups excluding carboxylic acids is 1. The van der Waals surface area contributed by atoms with Gasteiger partial charge in [0.25, 0.3) is 0 Å². The van der Waals surface area contributed by atoms with Crippen molar-refractivity contribution in [1.29, 1.82) is 0 Å². The summed E-state index contributed by atoms with van der Waals surface area (Å²) in [6.45, 7) is 0. The van der Waals surface area contributed by atoms with Crippen LogP contribution in [0.5, 0.6) is 0 Å². The molecule has 2 aromatic heterocycles. The first-order valence-electron chi connectivity index (χ1n) is 10.4. The van der Waals surface area contributed by atoms with Gasteiger partial charge in [0.1, 0.15) is 16.4 Å². The Bertz CT molecular complexity index is 1400. The van der Waals surface area contributed by atoms with E-state index < -0.39 is 0 Å². The fourth-order valence-electron chi connectivity index (χ4n) is 3.22. The Labute approximate surface area is 204 Å². The summed E-state index contributed by atoms with van der Waals surface area (Å²) in [7, 11) is 0. The minimum absolute atomic E-state index is 0.126. The highest BCUT2D eigenvalue weighted by atomic mass is 32.2. The second kappa shape index (κ2) is 10.3. The first-order chi connectivity index (χ1) is 16.8. The van der Waals surface area contributed by atoms with Crippen molar-refractivity contribution in [2.75, 3.05) is 11.1 Å². The SMILES string of the molecule is O=C(CSc1nnc(-c2ccccc2)c(-c2ccccc2)n1)Nc1nnc(-c2ccccc2)s1. The van der Waals surface area contributed by atoms with Crippen LogP contribution in [0.1, 0.15) is 0 Å². The van der Waals surface area contributed by atoms with Crippen LogP contribution in [-0.2, 0) is 4.79 Å². The van der Waals surface area contributed by atoms with Gasteiger partial charge in [0, 0.05) is 16.7 Å². The zero-order valence-corrected chi connectivity index (χ0v) is 19.5. The number of aromatic nitrogens is 5. The predicted octanol–water partition coefficient (Wildman–Crippen LogP) is 5.45. The molecule has 0 atom stereocenters. The van der Waals surface area contributed by atoms with Gasteiger partial charge in [0.05, 0.1) is 5.75 Å². The highest BCUT2D eigenvalue weighted by molar-refractivity contribution is 7.99. The lowest BCUT2D eigenvalue weighted by Crippen LogP contribution is -2.14. The minimum atomic E-state index is -0.210. The number of rotatable bonds is 7. The number of hydrogen-bond donors (Lipinski definition) is 1. The number of benzene rings is 3. The molecular formula is C25H18N6OS2. The van der Waals surface area contributed by atoms with Crippen LogP contribution in [0.3, 0.4) is 0 Å². The van der Waals surface area contributed by atoms with E-state index in [1.165, 1.54) is 23.1 Å². The number of anilines is 1. The second-order valence-corrected chi connectivity index (χ2v) is 9.06. The number of nitrogens with zero attached hydrogens (tertiary/aromatic N) is 5. The van der Waals surface area contributed by atoms with Gasteiger partial charge in [0.15, 0.2) is 0 Å². The lowest BCUT2D eigenvalue weighted by atomic mass is 10.0. The largest absolute Gasteiger partial charge is 0.300 e. The highest BCUT2D eigenvalue weighted by Crippen LogP contribution is 2.30. The summed E-state index contributed by atoms with van der Waals surface area (Å²) >= 11 is 2.55. The number of thioether (sulfide) groups is 1. The molecule has 1 amide bonds. The molecule has 0 saturated carbocycles. The van der Waals surface area contributed by atoms with Crippen LogP contribution in [0, 0.1) is 0 Å². The molecule has 0 aliphatic carbocycles. The molecule has 5 rings (SSSR count). The van der Waals surface area contributed by atoms with E-state index in [-0.39, 0.29) is 11.7 Å². The van der Waals surface area contributed by atoms with Crippen molar-refractivity contribution in [2.45, 2.75) is 5.16 Å². The van der Waals surface area contributed by atoms with Gasteiger partial charge in [-0.25, -0.2) is 4.98 Å². The van der Waals surface area contributed by atoms with Crippen molar-refractivity contribution in [1.82, 2.24) is 25.4 Å². The zero-order valence-electron chi connectivity index (χ0n) is 17.8. The van der Waals surface area contributed by atoms with E-state index >= 15 is 0 Å². The molecule has 0 spiro atoms. The maximum absolute atomic E-state index is 12.5. The van der Waals surface area contributed by atoms with Crippen molar-refractivity contribution in [2.24, 2.45) is 0 Å². The lowest BCUT2D eigenvalue weighted by molar-refractivity contribution is -0.113. The standard InChI is InChI=1S/C25H18N6OS2/c32-20(26-25-31-29-23(34-25)19-14-8-3-9-15-19)16-33-24-27-21(17-10-4-1-5-11-17)22(28-30-24)18-12-6-2-7-13-18/h1-15H,16H2,(H,26,31,32). The van der Waals surface area contributed by atoms with Gasteiger partial charge in [-0.05, 0) is 0 Å². The maximum atomic E-state index is 12.5. The fourth-order valence-corrected chi connectivity index (χ4v) is 4.57. The van der Waals surface area contributed by atoms with Gasteiger partial charge in [-0.15, -0.1) is 20.4 Å². The highest BCUT2D eigenvalue weighted by Gasteiger charge is 2.15. The van der Waals surface area contributed by atoms with E-state index in [1.807, 2.05) is 91.0 Å². The molecule has 2 heterocycles. The van der Waals surface area contributed by atoms with E-state index in [1.54, 1.807) is 0 Å². The predicted molar refractivity (Wildman–Crippen MR) is 135 cm³/mol. The third-order valence-electron chi connectivity index (χ3n) is 4.79. The van der Waals surface area contributed by atoms with Crippen LogP contribution in [0.4, 0.5) is 5.13 Å². The maximum Gasteiger partial charge on any atom is 0.236 e.